The fraction of sp³-hybridized carbons (Fsp3) is 0.286. The number of benzene rings is 1. The van der Waals surface area contributed by atoms with Crippen molar-refractivity contribution in [3.63, 3.8) is 0 Å². The van der Waals surface area contributed by atoms with Crippen LogP contribution in [0, 0.1) is 0 Å². The van der Waals surface area contributed by atoms with Gasteiger partial charge in [-0.25, -0.2) is 0 Å². The quantitative estimate of drug-likeness (QED) is 0.859. The molecule has 1 N–H and O–H groups in total. The average molecular weight is 351 g/mol. The molecule has 0 saturated heterocycles. The van der Waals surface area contributed by atoms with Crippen LogP contribution < -0.4 is 5.32 Å². The molecule has 0 atom stereocenters. The summed E-state index contributed by atoms with van der Waals surface area (Å²) in [5, 5.41) is 5.70. The van der Waals surface area contributed by atoms with Gasteiger partial charge in [-0.3, -0.25) is 9.48 Å². The lowest BCUT2D eigenvalue weighted by atomic mass is 10.1. The summed E-state index contributed by atoms with van der Waals surface area (Å²) in [6.07, 6.45) is -7.92. The highest BCUT2D eigenvalue weighted by atomic mass is 19.4. The molecule has 0 aliphatic carbocycles. The maximum atomic E-state index is 12.4. The zero-order valence-corrected chi connectivity index (χ0v) is 11.9. The Morgan fingerprint density at radius 2 is 1.62 bits per heavy atom. The molecule has 0 aliphatic heterocycles. The van der Waals surface area contributed by atoms with E-state index in [1.165, 1.54) is 0 Å². The van der Waals surface area contributed by atoms with Gasteiger partial charge in [0.2, 0.25) is 0 Å². The van der Waals surface area contributed by atoms with Crippen molar-refractivity contribution in [1.29, 1.82) is 0 Å². The highest BCUT2D eigenvalue weighted by Crippen LogP contribution is 2.29. The Kier molecular flexibility index (Phi) is 4.86. The van der Waals surface area contributed by atoms with Gasteiger partial charge < -0.3 is 5.32 Å². The Bertz CT molecular complexity index is 703. The average Bonchev–Trinajstić information content (AvgIpc) is 2.95. The molecule has 1 aromatic heterocycles. The Hall–Kier alpha value is -2.52. The van der Waals surface area contributed by atoms with Crippen molar-refractivity contribution in [2.75, 3.05) is 6.54 Å². The largest absolute Gasteiger partial charge is 0.435 e. The van der Waals surface area contributed by atoms with Crippen LogP contribution in [0.3, 0.4) is 0 Å². The highest BCUT2D eigenvalue weighted by molar-refractivity contribution is 5.94. The minimum absolute atomic E-state index is 0.0115. The molecule has 4 nitrogen and oxygen atoms in total. The highest BCUT2D eigenvalue weighted by Gasteiger charge is 2.33. The van der Waals surface area contributed by atoms with E-state index >= 15 is 0 Å². The molecule has 1 aromatic carbocycles. The molecule has 0 bridgehead atoms. The number of hydrogen-bond donors (Lipinski definition) is 1. The van der Waals surface area contributed by atoms with Gasteiger partial charge in [0.1, 0.15) is 0 Å². The number of alkyl halides is 6. The molecular formula is C14H11F6N3O. The normalized spacial score (nSPS) is 12.2. The van der Waals surface area contributed by atoms with E-state index in [1.807, 2.05) is 0 Å². The molecule has 0 aliphatic rings. The van der Waals surface area contributed by atoms with E-state index < -0.39 is 29.5 Å². The van der Waals surface area contributed by atoms with E-state index in [4.69, 9.17) is 0 Å². The molecule has 1 amide bonds. The topological polar surface area (TPSA) is 46.9 Å². The first-order valence-corrected chi connectivity index (χ1v) is 6.63. The number of nitrogens with zero attached hydrogens (tertiary/aromatic N) is 2. The van der Waals surface area contributed by atoms with Crippen LogP contribution in [0.25, 0.3) is 0 Å². The number of carbonyl (C=O) groups excluding carboxylic acids is 1. The maximum absolute atomic E-state index is 12.4. The van der Waals surface area contributed by atoms with E-state index in [0.29, 0.717) is 0 Å². The van der Waals surface area contributed by atoms with Crippen molar-refractivity contribution < 1.29 is 31.1 Å². The Morgan fingerprint density at radius 1 is 1.00 bits per heavy atom. The van der Waals surface area contributed by atoms with Gasteiger partial charge >= 0.3 is 12.4 Å². The van der Waals surface area contributed by atoms with Crippen LogP contribution >= 0.6 is 0 Å². The van der Waals surface area contributed by atoms with Gasteiger partial charge in [0.05, 0.1) is 12.1 Å². The molecule has 2 aromatic rings. The van der Waals surface area contributed by atoms with Crippen molar-refractivity contribution in [1.82, 2.24) is 15.1 Å². The van der Waals surface area contributed by atoms with Crippen molar-refractivity contribution in [3.05, 3.63) is 53.3 Å². The van der Waals surface area contributed by atoms with Crippen LogP contribution in [0.2, 0.25) is 0 Å². The van der Waals surface area contributed by atoms with Gasteiger partial charge in [-0.15, -0.1) is 0 Å². The molecule has 0 fully saturated rings. The maximum Gasteiger partial charge on any atom is 0.435 e. The van der Waals surface area contributed by atoms with E-state index in [1.54, 1.807) is 0 Å². The van der Waals surface area contributed by atoms with E-state index in [-0.39, 0.29) is 18.7 Å². The summed E-state index contributed by atoms with van der Waals surface area (Å²) in [6, 6.07) is 4.40. The molecule has 0 spiro atoms. The number of halogens is 6. The third kappa shape index (κ3) is 4.49. The first-order valence-electron chi connectivity index (χ1n) is 6.63. The van der Waals surface area contributed by atoms with Crippen molar-refractivity contribution in [2.24, 2.45) is 0 Å². The second kappa shape index (κ2) is 6.54. The summed E-state index contributed by atoms with van der Waals surface area (Å²) >= 11 is 0. The van der Waals surface area contributed by atoms with Crippen LogP contribution in [0.4, 0.5) is 26.3 Å². The lowest BCUT2D eigenvalue weighted by Crippen LogP contribution is -2.27. The lowest BCUT2D eigenvalue weighted by molar-refractivity contribution is -0.141. The predicted molar refractivity (Wildman–Crippen MR) is 71.0 cm³/mol. The molecule has 0 saturated carbocycles. The minimum atomic E-state index is -4.55. The van der Waals surface area contributed by atoms with E-state index in [0.717, 1.165) is 41.2 Å². The molecule has 130 valence electrons. The van der Waals surface area contributed by atoms with E-state index in [2.05, 4.69) is 10.4 Å². The molecule has 24 heavy (non-hydrogen) atoms. The van der Waals surface area contributed by atoms with Crippen molar-refractivity contribution in [3.8, 4) is 0 Å². The monoisotopic (exact) mass is 351 g/mol. The molecular weight excluding hydrogens is 340 g/mol. The molecule has 2 rings (SSSR count). The van der Waals surface area contributed by atoms with Gasteiger partial charge in [-0.1, -0.05) is 0 Å². The second-order valence-corrected chi connectivity index (χ2v) is 4.79. The molecule has 0 radical (unpaired) electrons. The standard InChI is InChI=1S/C14H11F6N3O/c15-13(16,17)10-3-1-9(2-4-10)12(24)21-6-8-23-7-5-11(22-23)14(18,19)20/h1-5,7H,6,8H2,(H,21,24). The third-order valence-electron chi connectivity index (χ3n) is 3.03. The summed E-state index contributed by atoms with van der Waals surface area (Å²) < 4.78 is 75.3. The van der Waals surface area contributed by atoms with Gasteiger partial charge in [0.25, 0.3) is 5.91 Å². The second-order valence-electron chi connectivity index (χ2n) is 4.79. The third-order valence-corrected chi connectivity index (χ3v) is 3.03. The molecule has 0 unspecified atom stereocenters. The Labute approximate surface area is 132 Å². The SMILES string of the molecule is O=C(NCCn1ccc(C(F)(F)F)n1)c1ccc(C(F)(F)F)cc1. The Morgan fingerprint density at radius 3 is 2.12 bits per heavy atom. The molecule has 10 heteroatoms. The number of aromatic nitrogens is 2. The van der Waals surface area contributed by atoms with Crippen molar-refractivity contribution in [2.45, 2.75) is 18.9 Å². The summed E-state index contributed by atoms with van der Waals surface area (Å²) in [5.41, 5.74) is -1.91. The van der Waals surface area contributed by atoms with Gasteiger partial charge in [-0.2, -0.15) is 31.4 Å². The number of amides is 1. The number of nitrogens with one attached hydrogen (secondary N) is 1. The van der Waals surface area contributed by atoms with Crippen LogP contribution in [0.5, 0.6) is 0 Å². The zero-order valence-electron chi connectivity index (χ0n) is 11.9. The van der Waals surface area contributed by atoms with Crippen LogP contribution in [-0.4, -0.2) is 22.2 Å². The lowest BCUT2D eigenvalue weighted by Gasteiger charge is -2.08. The zero-order chi connectivity index (χ0) is 18.0. The van der Waals surface area contributed by atoms with Crippen LogP contribution in [0.1, 0.15) is 21.6 Å². The van der Waals surface area contributed by atoms with Gasteiger partial charge in [0.15, 0.2) is 5.69 Å². The first-order chi connectivity index (χ1) is 11.1. The van der Waals surface area contributed by atoms with Crippen LogP contribution in [-0.2, 0) is 18.9 Å². The van der Waals surface area contributed by atoms with Crippen molar-refractivity contribution >= 4 is 5.91 Å². The fourth-order valence-corrected chi connectivity index (χ4v) is 1.83. The first kappa shape index (κ1) is 17.8. The predicted octanol–water partition coefficient (Wildman–Crippen LogP) is 3.35. The fourth-order valence-electron chi connectivity index (χ4n) is 1.83. The summed E-state index contributed by atoms with van der Waals surface area (Å²) in [5.74, 6) is -0.632. The number of carbonyl (C=O) groups is 1. The summed E-state index contributed by atoms with van der Waals surface area (Å²) in [6.45, 7) is -0.0404. The Balaban J connectivity index is 1.88. The number of rotatable bonds is 4. The molecule has 1 heterocycles. The van der Waals surface area contributed by atoms with E-state index in [9.17, 15) is 31.1 Å². The smallest absolute Gasteiger partial charge is 0.350 e. The minimum Gasteiger partial charge on any atom is -0.350 e. The van der Waals surface area contributed by atoms with Crippen LogP contribution in [0.15, 0.2) is 36.5 Å². The summed E-state index contributed by atoms with van der Waals surface area (Å²) in [4.78, 5) is 11.8. The number of hydrogen-bond acceptors (Lipinski definition) is 2. The summed E-state index contributed by atoms with van der Waals surface area (Å²) in [7, 11) is 0. The van der Waals surface area contributed by atoms with Gasteiger partial charge in [-0.05, 0) is 30.3 Å². The van der Waals surface area contributed by atoms with Gasteiger partial charge in [0, 0.05) is 18.3 Å².